The summed E-state index contributed by atoms with van der Waals surface area (Å²) in [6.45, 7) is 5.93. The van der Waals surface area contributed by atoms with Crippen LogP contribution >= 0.6 is 11.6 Å². The van der Waals surface area contributed by atoms with Gasteiger partial charge in [0.15, 0.2) is 18.1 Å². The molecule has 0 aliphatic carbocycles. The van der Waals surface area contributed by atoms with Crippen LogP contribution in [0.15, 0.2) is 30.3 Å². The number of carbonyl (C=O) groups excluding carboxylic acids is 2. The summed E-state index contributed by atoms with van der Waals surface area (Å²) in [5.74, 6) is 0.542. The topological polar surface area (TPSA) is 83.1 Å². The number of esters is 1. The first kappa shape index (κ1) is 23.3. The minimum absolute atomic E-state index is 0.247. The van der Waals surface area contributed by atoms with Gasteiger partial charge < -0.3 is 24.3 Å². The minimum atomic E-state index is -0.655. The Bertz CT molecular complexity index is 913. The van der Waals surface area contributed by atoms with E-state index in [1.165, 1.54) is 20.3 Å². The zero-order chi connectivity index (χ0) is 22.3. The number of aryl methyl sites for hydroxylation is 1. The molecule has 0 fully saturated rings. The average Bonchev–Trinajstić information content (AvgIpc) is 2.72. The third-order valence-corrected chi connectivity index (χ3v) is 4.47. The fraction of sp³-hybridized carbons (Fsp3) is 0.364. The van der Waals surface area contributed by atoms with Gasteiger partial charge in [0.05, 0.1) is 32.1 Å². The normalized spacial score (nSPS) is 10.5. The number of rotatable bonds is 9. The maximum absolute atomic E-state index is 12.3. The van der Waals surface area contributed by atoms with E-state index in [0.717, 1.165) is 5.56 Å². The SMILES string of the molecule is COc1cc(Cl)c(C)cc1NC(=O)COC(=O)c1ccc(OCC(C)C)c(OC)c1. The van der Waals surface area contributed by atoms with Gasteiger partial charge in [-0.05, 0) is 42.7 Å². The third-order valence-electron chi connectivity index (χ3n) is 4.06. The average molecular weight is 436 g/mol. The molecule has 30 heavy (non-hydrogen) atoms. The second-order valence-electron chi connectivity index (χ2n) is 7.00. The quantitative estimate of drug-likeness (QED) is 0.584. The molecule has 1 amide bonds. The first-order valence-corrected chi connectivity index (χ1v) is 9.74. The fourth-order valence-corrected chi connectivity index (χ4v) is 2.65. The van der Waals surface area contributed by atoms with E-state index in [4.69, 9.17) is 30.5 Å². The van der Waals surface area contributed by atoms with Gasteiger partial charge in [-0.25, -0.2) is 4.79 Å². The van der Waals surface area contributed by atoms with Crippen molar-refractivity contribution < 1.29 is 28.5 Å². The van der Waals surface area contributed by atoms with Crippen LogP contribution in [0.3, 0.4) is 0 Å². The number of nitrogens with one attached hydrogen (secondary N) is 1. The van der Waals surface area contributed by atoms with Crippen molar-refractivity contribution in [3.63, 3.8) is 0 Å². The molecular formula is C22H26ClNO6. The Morgan fingerprint density at radius 2 is 1.73 bits per heavy atom. The minimum Gasteiger partial charge on any atom is -0.495 e. The second kappa shape index (κ2) is 10.7. The molecule has 0 aliphatic rings. The smallest absolute Gasteiger partial charge is 0.338 e. The summed E-state index contributed by atoms with van der Waals surface area (Å²) >= 11 is 6.06. The van der Waals surface area contributed by atoms with E-state index in [2.05, 4.69) is 5.32 Å². The number of methoxy groups -OCH3 is 2. The predicted molar refractivity (Wildman–Crippen MR) is 115 cm³/mol. The van der Waals surface area contributed by atoms with Gasteiger partial charge in [-0.15, -0.1) is 0 Å². The lowest BCUT2D eigenvalue weighted by molar-refractivity contribution is -0.119. The van der Waals surface area contributed by atoms with Crippen molar-refractivity contribution in [2.75, 3.05) is 32.8 Å². The van der Waals surface area contributed by atoms with E-state index in [-0.39, 0.29) is 5.56 Å². The van der Waals surface area contributed by atoms with Crippen molar-refractivity contribution in [1.29, 1.82) is 0 Å². The first-order valence-electron chi connectivity index (χ1n) is 9.37. The number of anilines is 1. The van der Waals surface area contributed by atoms with Crippen LogP contribution in [0.4, 0.5) is 5.69 Å². The largest absolute Gasteiger partial charge is 0.495 e. The Balaban J connectivity index is 2.00. The van der Waals surface area contributed by atoms with Gasteiger partial charge in [0, 0.05) is 11.1 Å². The molecule has 0 atom stereocenters. The second-order valence-corrected chi connectivity index (χ2v) is 7.40. The van der Waals surface area contributed by atoms with E-state index in [9.17, 15) is 9.59 Å². The summed E-state index contributed by atoms with van der Waals surface area (Å²) in [6, 6.07) is 8.00. The molecule has 162 valence electrons. The number of benzene rings is 2. The van der Waals surface area contributed by atoms with Crippen LogP contribution in [0.25, 0.3) is 0 Å². The van der Waals surface area contributed by atoms with Crippen molar-refractivity contribution in [2.45, 2.75) is 20.8 Å². The molecule has 2 aromatic carbocycles. The zero-order valence-electron chi connectivity index (χ0n) is 17.7. The number of halogens is 1. The van der Waals surface area contributed by atoms with Crippen LogP contribution in [0.1, 0.15) is 29.8 Å². The maximum atomic E-state index is 12.3. The summed E-state index contributed by atoms with van der Waals surface area (Å²) in [7, 11) is 2.96. The molecule has 0 aromatic heterocycles. The molecule has 7 nitrogen and oxygen atoms in total. The lowest BCUT2D eigenvalue weighted by Crippen LogP contribution is -2.21. The number of ether oxygens (including phenoxy) is 4. The lowest BCUT2D eigenvalue weighted by atomic mass is 10.2. The van der Waals surface area contributed by atoms with Gasteiger partial charge in [0.2, 0.25) is 0 Å². The summed E-state index contributed by atoms with van der Waals surface area (Å²) in [6.07, 6.45) is 0. The van der Waals surface area contributed by atoms with E-state index in [1.807, 2.05) is 13.8 Å². The van der Waals surface area contributed by atoms with Crippen LogP contribution in [0.2, 0.25) is 5.02 Å². The molecule has 1 N–H and O–H groups in total. The monoisotopic (exact) mass is 435 g/mol. The number of carbonyl (C=O) groups is 2. The van der Waals surface area contributed by atoms with Crippen molar-refractivity contribution in [3.8, 4) is 17.2 Å². The highest BCUT2D eigenvalue weighted by Gasteiger charge is 2.16. The molecule has 0 saturated heterocycles. The van der Waals surface area contributed by atoms with Crippen LogP contribution < -0.4 is 19.5 Å². The van der Waals surface area contributed by atoms with Gasteiger partial charge >= 0.3 is 5.97 Å². The Labute approximate surface area is 181 Å². The molecule has 0 unspecified atom stereocenters. The Morgan fingerprint density at radius 3 is 2.37 bits per heavy atom. The van der Waals surface area contributed by atoms with Crippen molar-refractivity contribution in [2.24, 2.45) is 5.92 Å². The predicted octanol–water partition coefficient (Wildman–Crippen LogP) is 4.50. The van der Waals surface area contributed by atoms with Gasteiger partial charge in [-0.3, -0.25) is 4.79 Å². The third kappa shape index (κ3) is 6.29. The van der Waals surface area contributed by atoms with E-state index in [0.29, 0.717) is 40.5 Å². The van der Waals surface area contributed by atoms with Crippen molar-refractivity contribution >= 4 is 29.2 Å². The lowest BCUT2D eigenvalue weighted by Gasteiger charge is -2.14. The zero-order valence-corrected chi connectivity index (χ0v) is 18.5. The molecule has 0 bridgehead atoms. The molecule has 0 radical (unpaired) electrons. The van der Waals surface area contributed by atoms with Crippen molar-refractivity contribution in [1.82, 2.24) is 0 Å². The van der Waals surface area contributed by atoms with Crippen LogP contribution in [0, 0.1) is 12.8 Å². The summed E-state index contributed by atoms with van der Waals surface area (Å²) in [5.41, 5.74) is 1.46. The fourth-order valence-electron chi connectivity index (χ4n) is 2.50. The van der Waals surface area contributed by atoms with E-state index < -0.39 is 18.5 Å². The molecule has 0 spiro atoms. The molecule has 8 heteroatoms. The summed E-state index contributed by atoms with van der Waals surface area (Å²) in [5, 5.41) is 3.17. The molecular weight excluding hydrogens is 410 g/mol. The first-order chi connectivity index (χ1) is 14.2. The van der Waals surface area contributed by atoms with E-state index in [1.54, 1.807) is 31.2 Å². The Hall–Kier alpha value is -2.93. The highest BCUT2D eigenvalue weighted by Crippen LogP contribution is 2.31. The molecule has 0 saturated carbocycles. The maximum Gasteiger partial charge on any atom is 0.338 e. The van der Waals surface area contributed by atoms with E-state index >= 15 is 0 Å². The highest BCUT2D eigenvalue weighted by molar-refractivity contribution is 6.31. The molecule has 2 aromatic rings. The number of hydrogen-bond acceptors (Lipinski definition) is 6. The summed E-state index contributed by atoms with van der Waals surface area (Å²) < 4.78 is 21.3. The molecule has 2 rings (SSSR count). The Kier molecular flexibility index (Phi) is 8.35. The van der Waals surface area contributed by atoms with Crippen LogP contribution in [-0.4, -0.2) is 39.3 Å². The van der Waals surface area contributed by atoms with Gasteiger partial charge in [-0.1, -0.05) is 25.4 Å². The van der Waals surface area contributed by atoms with Crippen LogP contribution in [0.5, 0.6) is 17.2 Å². The molecule has 0 heterocycles. The highest BCUT2D eigenvalue weighted by atomic mass is 35.5. The molecule has 0 aliphatic heterocycles. The number of hydrogen-bond donors (Lipinski definition) is 1. The van der Waals surface area contributed by atoms with Gasteiger partial charge in [-0.2, -0.15) is 0 Å². The Morgan fingerprint density at radius 1 is 1.03 bits per heavy atom. The number of amides is 1. The standard InChI is InChI=1S/C22H26ClNO6/c1-13(2)11-29-18-7-6-15(9-20(18)28-5)22(26)30-12-21(25)24-17-8-14(3)16(23)10-19(17)27-4/h6-10,13H,11-12H2,1-5H3,(H,24,25). The van der Waals surface area contributed by atoms with Crippen LogP contribution in [-0.2, 0) is 9.53 Å². The van der Waals surface area contributed by atoms with Crippen molar-refractivity contribution in [3.05, 3.63) is 46.5 Å². The summed E-state index contributed by atoms with van der Waals surface area (Å²) in [4.78, 5) is 24.5. The van der Waals surface area contributed by atoms with Gasteiger partial charge in [0.25, 0.3) is 5.91 Å². The van der Waals surface area contributed by atoms with Gasteiger partial charge in [0.1, 0.15) is 5.75 Å².